The first-order valence-corrected chi connectivity index (χ1v) is 7.36. The molecule has 2 aliphatic rings. The highest BCUT2D eigenvalue weighted by molar-refractivity contribution is 5.97. The van der Waals surface area contributed by atoms with E-state index in [1.54, 1.807) is 12.0 Å². The molecule has 0 aromatic rings. The van der Waals surface area contributed by atoms with Crippen molar-refractivity contribution >= 4 is 11.8 Å². The lowest BCUT2D eigenvalue weighted by atomic mass is 10.0. The van der Waals surface area contributed by atoms with Crippen LogP contribution in [0.15, 0.2) is 0 Å². The lowest BCUT2D eigenvalue weighted by Crippen LogP contribution is -2.64. The molecule has 0 aromatic heterocycles. The minimum Gasteiger partial charge on any atom is -0.382 e. The van der Waals surface area contributed by atoms with Gasteiger partial charge in [-0.25, -0.2) is 0 Å². The predicted octanol–water partition coefficient (Wildman–Crippen LogP) is 0.165. The standard InChI is InChI=1S/C14H24N2O4/c1-3-11-14(18)16(6-7-20-9-8-19-2)12(10-4-5-10)13(17)15-11/h10-12H,3-9H2,1-2H3,(H,15,17). The second-order valence-electron chi connectivity index (χ2n) is 5.39. The molecule has 0 aromatic carbocycles. The Kier molecular flexibility index (Phi) is 5.37. The number of hydrogen-bond donors (Lipinski definition) is 1. The zero-order valence-corrected chi connectivity index (χ0v) is 12.3. The van der Waals surface area contributed by atoms with Gasteiger partial charge in [-0.3, -0.25) is 9.59 Å². The maximum atomic E-state index is 12.4. The van der Waals surface area contributed by atoms with E-state index >= 15 is 0 Å². The number of amides is 2. The summed E-state index contributed by atoms with van der Waals surface area (Å²) in [5, 5.41) is 2.84. The van der Waals surface area contributed by atoms with Gasteiger partial charge < -0.3 is 19.7 Å². The van der Waals surface area contributed by atoms with Crippen molar-refractivity contribution in [2.45, 2.75) is 38.3 Å². The largest absolute Gasteiger partial charge is 0.382 e. The normalized spacial score (nSPS) is 26.8. The van der Waals surface area contributed by atoms with Crippen LogP contribution < -0.4 is 5.32 Å². The molecule has 1 aliphatic heterocycles. The van der Waals surface area contributed by atoms with Crippen molar-refractivity contribution in [2.24, 2.45) is 5.92 Å². The summed E-state index contributed by atoms with van der Waals surface area (Å²) in [6, 6.07) is -0.673. The topological polar surface area (TPSA) is 67.9 Å². The number of methoxy groups -OCH3 is 1. The number of carbonyl (C=O) groups excluding carboxylic acids is 2. The van der Waals surface area contributed by atoms with Gasteiger partial charge >= 0.3 is 0 Å². The Bertz CT molecular complexity index is 357. The van der Waals surface area contributed by atoms with E-state index in [0.717, 1.165) is 12.8 Å². The highest BCUT2D eigenvalue weighted by atomic mass is 16.5. The lowest BCUT2D eigenvalue weighted by Gasteiger charge is -2.39. The van der Waals surface area contributed by atoms with Gasteiger partial charge in [0, 0.05) is 13.7 Å². The van der Waals surface area contributed by atoms with Gasteiger partial charge in [0.1, 0.15) is 12.1 Å². The summed E-state index contributed by atoms with van der Waals surface area (Å²) in [6.45, 7) is 3.89. The number of rotatable bonds is 8. The van der Waals surface area contributed by atoms with E-state index in [-0.39, 0.29) is 23.9 Å². The predicted molar refractivity (Wildman–Crippen MR) is 73.1 cm³/mol. The van der Waals surface area contributed by atoms with E-state index in [2.05, 4.69) is 5.32 Å². The zero-order chi connectivity index (χ0) is 14.5. The number of piperazine rings is 1. The van der Waals surface area contributed by atoms with Crippen molar-refractivity contribution < 1.29 is 19.1 Å². The Morgan fingerprint density at radius 3 is 2.60 bits per heavy atom. The van der Waals surface area contributed by atoms with Crippen LogP contribution in [0.5, 0.6) is 0 Å². The Morgan fingerprint density at radius 2 is 2.00 bits per heavy atom. The van der Waals surface area contributed by atoms with E-state index in [4.69, 9.17) is 9.47 Å². The minimum atomic E-state index is -0.378. The smallest absolute Gasteiger partial charge is 0.245 e. The van der Waals surface area contributed by atoms with Crippen molar-refractivity contribution in [2.75, 3.05) is 33.5 Å². The van der Waals surface area contributed by atoms with E-state index in [9.17, 15) is 9.59 Å². The third kappa shape index (κ3) is 3.49. The van der Waals surface area contributed by atoms with Crippen LogP contribution in [-0.4, -0.2) is 62.3 Å². The van der Waals surface area contributed by atoms with E-state index < -0.39 is 0 Å². The molecule has 2 atom stereocenters. The van der Waals surface area contributed by atoms with Crippen LogP contribution in [0.2, 0.25) is 0 Å². The molecule has 6 heteroatoms. The van der Waals surface area contributed by atoms with Crippen molar-refractivity contribution in [3.8, 4) is 0 Å². The molecule has 0 bridgehead atoms. The maximum Gasteiger partial charge on any atom is 0.245 e. The molecule has 1 aliphatic carbocycles. The van der Waals surface area contributed by atoms with E-state index in [1.807, 2.05) is 6.92 Å². The van der Waals surface area contributed by atoms with Crippen LogP contribution in [0.3, 0.4) is 0 Å². The number of carbonyl (C=O) groups is 2. The number of nitrogens with zero attached hydrogens (tertiary/aromatic N) is 1. The van der Waals surface area contributed by atoms with Gasteiger partial charge in [0.25, 0.3) is 0 Å². The summed E-state index contributed by atoms with van der Waals surface area (Å²) in [5.41, 5.74) is 0. The maximum absolute atomic E-state index is 12.4. The third-order valence-electron chi connectivity index (χ3n) is 3.89. The van der Waals surface area contributed by atoms with Gasteiger partial charge in [0.05, 0.1) is 19.8 Å². The molecule has 1 N–H and O–H groups in total. The van der Waals surface area contributed by atoms with Crippen molar-refractivity contribution in [3.63, 3.8) is 0 Å². The molecule has 1 saturated carbocycles. The summed E-state index contributed by atoms with van der Waals surface area (Å²) in [6.07, 6.45) is 2.69. The van der Waals surface area contributed by atoms with Crippen LogP contribution in [0.25, 0.3) is 0 Å². The number of ether oxygens (including phenoxy) is 2. The number of nitrogens with one attached hydrogen (secondary N) is 1. The first-order valence-electron chi connectivity index (χ1n) is 7.36. The first kappa shape index (κ1) is 15.3. The average Bonchev–Trinajstić information content (AvgIpc) is 3.26. The molecule has 0 radical (unpaired) electrons. The molecule has 2 fully saturated rings. The SMILES string of the molecule is CCC1NC(=O)C(C2CC2)N(CCOCCOC)C1=O. The van der Waals surface area contributed by atoms with Crippen LogP contribution in [0.4, 0.5) is 0 Å². The monoisotopic (exact) mass is 284 g/mol. The average molecular weight is 284 g/mol. The van der Waals surface area contributed by atoms with Crippen LogP contribution >= 0.6 is 0 Å². The van der Waals surface area contributed by atoms with Gasteiger partial charge in [-0.15, -0.1) is 0 Å². The van der Waals surface area contributed by atoms with Crippen LogP contribution in [-0.2, 0) is 19.1 Å². The van der Waals surface area contributed by atoms with Gasteiger partial charge in [-0.2, -0.15) is 0 Å². The quantitative estimate of drug-likeness (QED) is 0.645. The fraction of sp³-hybridized carbons (Fsp3) is 0.857. The van der Waals surface area contributed by atoms with E-state index in [1.165, 1.54) is 0 Å². The molecular weight excluding hydrogens is 260 g/mol. The highest BCUT2D eigenvalue weighted by Crippen LogP contribution is 2.37. The summed E-state index contributed by atoms with van der Waals surface area (Å²) in [4.78, 5) is 26.3. The van der Waals surface area contributed by atoms with Crippen molar-refractivity contribution in [1.82, 2.24) is 10.2 Å². The fourth-order valence-corrected chi connectivity index (χ4v) is 2.61. The molecular formula is C14H24N2O4. The highest BCUT2D eigenvalue weighted by Gasteiger charge is 2.47. The zero-order valence-electron chi connectivity index (χ0n) is 12.3. The Balaban J connectivity index is 1.92. The van der Waals surface area contributed by atoms with Gasteiger partial charge in [0.2, 0.25) is 11.8 Å². The lowest BCUT2D eigenvalue weighted by molar-refractivity contribution is -0.151. The second kappa shape index (κ2) is 7.04. The van der Waals surface area contributed by atoms with Gasteiger partial charge in [0.15, 0.2) is 0 Å². The number of hydrogen-bond acceptors (Lipinski definition) is 4. The van der Waals surface area contributed by atoms with Gasteiger partial charge in [-0.1, -0.05) is 6.92 Å². The third-order valence-corrected chi connectivity index (χ3v) is 3.89. The molecule has 1 saturated heterocycles. The second-order valence-corrected chi connectivity index (χ2v) is 5.39. The molecule has 2 unspecified atom stereocenters. The summed E-state index contributed by atoms with van der Waals surface area (Å²) < 4.78 is 10.3. The molecule has 6 nitrogen and oxygen atoms in total. The minimum absolute atomic E-state index is 0.00385. The van der Waals surface area contributed by atoms with Gasteiger partial charge in [-0.05, 0) is 25.2 Å². The Labute approximate surface area is 119 Å². The first-order chi connectivity index (χ1) is 9.69. The summed E-state index contributed by atoms with van der Waals surface area (Å²) in [5.74, 6) is 0.353. The fourth-order valence-electron chi connectivity index (χ4n) is 2.61. The molecule has 2 rings (SSSR count). The Morgan fingerprint density at radius 1 is 1.25 bits per heavy atom. The van der Waals surface area contributed by atoms with Crippen LogP contribution in [0, 0.1) is 5.92 Å². The van der Waals surface area contributed by atoms with Crippen molar-refractivity contribution in [1.29, 1.82) is 0 Å². The molecule has 2 amide bonds. The van der Waals surface area contributed by atoms with E-state index in [0.29, 0.717) is 38.7 Å². The van der Waals surface area contributed by atoms with Crippen LogP contribution in [0.1, 0.15) is 26.2 Å². The molecule has 0 spiro atoms. The summed E-state index contributed by atoms with van der Waals surface area (Å²) in [7, 11) is 1.62. The molecule has 1 heterocycles. The molecule has 114 valence electrons. The van der Waals surface area contributed by atoms with Crippen molar-refractivity contribution in [3.05, 3.63) is 0 Å². The summed E-state index contributed by atoms with van der Waals surface area (Å²) >= 11 is 0. The Hall–Kier alpha value is -1.14. The molecule has 20 heavy (non-hydrogen) atoms.